The largest absolute Gasteiger partial charge is 0.508 e. The number of carbonyl (C=O) groups excluding carboxylic acids is 1. The Bertz CT molecular complexity index is 875. The number of aryl methyl sites for hydroxylation is 1. The van der Waals surface area contributed by atoms with Crippen LogP contribution in [0.5, 0.6) is 5.75 Å². The molecule has 3 aromatic rings. The fraction of sp³-hybridized carbons (Fsp3) is 0.211. The SMILES string of the molecule is Cc1ccc(C(=O)N[C@@H](C)c2nc(Cc3ccccc3)no2)cc1O. The maximum Gasteiger partial charge on any atom is 0.252 e. The van der Waals surface area contributed by atoms with Crippen LogP contribution < -0.4 is 5.32 Å². The summed E-state index contributed by atoms with van der Waals surface area (Å²) in [7, 11) is 0. The van der Waals surface area contributed by atoms with Gasteiger partial charge in [0.1, 0.15) is 11.8 Å². The van der Waals surface area contributed by atoms with Gasteiger partial charge >= 0.3 is 0 Å². The lowest BCUT2D eigenvalue weighted by Gasteiger charge is -2.10. The summed E-state index contributed by atoms with van der Waals surface area (Å²) in [6.07, 6.45) is 0.566. The van der Waals surface area contributed by atoms with E-state index >= 15 is 0 Å². The summed E-state index contributed by atoms with van der Waals surface area (Å²) < 4.78 is 5.25. The molecule has 1 atom stereocenters. The van der Waals surface area contributed by atoms with Crippen LogP contribution in [-0.4, -0.2) is 21.2 Å². The average molecular weight is 337 g/mol. The van der Waals surface area contributed by atoms with E-state index in [1.54, 1.807) is 26.0 Å². The van der Waals surface area contributed by atoms with Crippen LogP contribution in [0.4, 0.5) is 0 Å². The molecule has 0 unspecified atom stereocenters. The van der Waals surface area contributed by atoms with E-state index in [2.05, 4.69) is 15.5 Å². The molecule has 3 rings (SSSR count). The standard InChI is InChI=1S/C19H19N3O3/c1-12-8-9-15(11-16(12)23)18(24)20-13(2)19-21-17(22-25-19)10-14-6-4-3-5-7-14/h3-9,11,13,23H,10H2,1-2H3,(H,20,24)/t13-/m0/s1. The first-order chi connectivity index (χ1) is 12.0. The number of amides is 1. The van der Waals surface area contributed by atoms with Gasteiger partial charge in [-0.2, -0.15) is 4.98 Å². The number of hydrogen-bond donors (Lipinski definition) is 2. The van der Waals surface area contributed by atoms with E-state index in [0.717, 1.165) is 5.56 Å². The van der Waals surface area contributed by atoms with Crippen molar-refractivity contribution in [2.75, 3.05) is 0 Å². The molecule has 1 amide bonds. The maximum atomic E-state index is 12.3. The van der Waals surface area contributed by atoms with Crippen LogP contribution >= 0.6 is 0 Å². The highest BCUT2D eigenvalue weighted by Gasteiger charge is 2.18. The van der Waals surface area contributed by atoms with E-state index in [1.807, 2.05) is 30.3 Å². The summed E-state index contributed by atoms with van der Waals surface area (Å²) in [6, 6.07) is 14.2. The normalized spacial score (nSPS) is 11.9. The van der Waals surface area contributed by atoms with Crippen LogP contribution in [0.2, 0.25) is 0 Å². The third-order valence-electron chi connectivity index (χ3n) is 3.88. The number of nitrogens with one attached hydrogen (secondary N) is 1. The van der Waals surface area contributed by atoms with Crippen molar-refractivity contribution in [1.29, 1.82) is 0 Å². The van der Waals surface area contributed by atoms with E-state index in [-0.39, 0.29) is 11.7 Å². The van der Waals surface area contributed by atoms with Crippen molar-refractivity contribution in [3.05, 3.63) is 76.9 Å². The number of phenolic OH excluding ortho intramolecular Hbond substituents is 1. The molecule has 0 saturated carbocycles. The second-order valence-corrected chi connectivity index (χ2v) is 5.91. The molecule has 0 aliphatic carbocycles. The smallest absolute Gasteiger partial charge is 0.252 e. The summed E-state index contributed by atoms with van der Waals surface area (Å²) >= 11 is 0. The molecule has 0 saturated heterocycles. The summed E-state index contributed by atoms with van der Waals surface area (Å²) in [5.74, 6) is 0.680. The van der Waals surface area contributed by atoms with Gasteiger partial charge in [-0.3, -0.25) is 4.79 Å². The zero-order valence-electron chi connectivity index (χ0n) is 14.1. The first-order valence-corrected chi connectivity index (χ1v) is 8.00. The fourth-order valence-corrected chi connectivity index (χ4v) is 2.39. The third-order valence-corrected chi connectivity index (χ3v) is 3.88. The van der Waals surface area contributed by atoms with Gasteiger partial charge in [0.25, 0.3) is 5.91 Å². The predicted octanol–water partition coefficient (Wildman–Crippen LogP) is 3.17. The van der Waals surface area contributed by atoms with Crippen LogP contribution in [0.25, 0.3) is 0 Å². The average Bonchev–Trinajstić information content (AvgIpc) is 3.07. The lowest BCUT2D eigenvalue weighted by molar-refractivity contribution is 0.0932. The zero-order valence-corrected chi connectivity index (χ0v) is 14.1. The molecule has 25 heavy (non-hydrogen) atoms. The molecule has 2 aromatic carbocycles. The Hall–Kier alpha value is -3.15. The van der Waals surface area contributed by atoms with Gasteiger partial charge in [-0.1, -0.05) is 41.6 Å². The van der Waals surface area contributed by atoms with Gasteiger partial charge in [0.05, 0.1) is 0 Å². The van der Waals surface area contributed by atoms with Gasteiger partial charge in [-0.15, -0.1) is 0 Å². The number of hydrogen-bond acceptors (Lipinski definition) is 5. The van der Waals surface area contributed by atoms with Crippen LogP contribution in [0.1, 0.15) is 46.2 Å². The summed E-state index contributed by atoms with van der Waals surface area (Å²) in [4.78, 5) is 16.6. The van der Waals surface area contributed by atoms with Gasteiger partial charge < -0.3 is 14.9 Å². The molecule has 0 aliphatic heterocycles. The Morgan fingerprint density at radius 1 is 1.24 bits per heavy atom. The highest BCUT2D eigenvalue weighted by Crippen LogP contribution is 2.18. The molecule has 0 radical (unpaired) electrons. The van der Waals surface area contributed by atoms with Crippen molar-refractivity contribution in [2.45, 2.75) is 26.3 Å². The first kappa shape index (κ1) is 16.7. The van der Waals surface area contributed by atoms with Crippen molar-refractivity contribution in [2.24, 2.45) is 0 Å². The van der Waals surface area contributed by atoms with Crippen molar-refractivity contribution in [3.8, 4) is 5.75 Å². The number of aromatic nitrogens is 2. The maximum absolute atomic E-state index is 12.3. The second-order valence-electron chi connectivity index (χ2n) is 5.91. The Labute approximate surface area is 145 Å². The van der Waals surface area contributed by atoms with Gasteiger partial charge in [0.15, 0.2) is 5.82 Å². The van der Waals surface area contributed by atoms with Crippen molar-refractivity contribution < 1.29 is 14.4 Å². The number of nitrogens with zero attached hydrogens (tertiary/aromatic N) is 2. The molecular formula is C19H19N3O3. The van der Waals surface area contributed by atoms with Crippen molar-refractivity contribution in [3.63, 3.8) is 0 Å². The minimum atomic E-state index is -0.437. The highest BCUT2D eigenvalue weighted by atomic mass is 16.5. The van der Waals surface area contributed by atoms with Gasteiger partial charge in [0.2, 0.25) is 5.89 Å². The van der Waals surface area contributed by atoms with Gasteiger partial charge in [-0.05, 0) is 37.1 Å². The van der Waals surface area contributed by atoms with Gasteiger partial charge in [0, 0.05) is 12.0 Å². The molecule has 6 heteroatoms. The molecular weight excluding hydrogens is 318 g/mol. The molecule has 0 spiro atoms. The molecule has 128 valence electrons. The molecule has 0 fully saturated rings. The van der Waals surface area contributed by atoms with E-state index in [4.69, 9.17) is 4.52 Å². The Balaban J connectivity index is 1.66. The van der Waals surface area contributed by atoms with Crippen LogP contribution in [0, 0.1) is 6.92 Å². The topological polar surface area (TPSA) is 88.3 Å². The Kier molecular flexibility index (Phi) is 4.79. The van der Waals surface area contributed by atoms with Crippen molar-refractivity contribution >= 4 is 5.91 Å². The fourth-order valence-electron chi connectivity index (χ4n) is 2.39. The number of rotatable bonds is 5. The minimum absolute atomic E-state index is 0.0863. The molecule has 6 nitrogen and oxygen atoms in total. The van der Waals surface area contributed by atoms with Crippen LogP contribution in [-0.2, 0) is 6.42 Å². The van der Waals surface area contributed by atoms with E-state index < -0.39 is 6.04 Å². The Morgan fingerprint density at radius 3 is 2.72 bits per heavy atom. The van der Waals surface area contributed by atoms with Crippen LogP contribution in [0.3, 0.4) is 0 Å². The monoisotopic (exact) mass is 337 g/mol. The highest BCUT2D eigenvalue weighted by molar-refractivity contribution is 5.94. The molecule has 1 heterocycles. The van der Waals surface area contributed by atoms with E-state index in [9.17, 15) is 9.90 Å². The quantitative estimate of drug-likeness (QED) is 0.746. The zero-order chi connectivity index (χ0) is 17.8. The molecule has 0 bridgehead atoms. The summed E-state index contributed by atoms with van der Waals surface area (Å²) in [6.45, 7) is 3.54. The lowest BCUT2D eigenvalue weighted by Crippen LogP contribution is -2.26. The Morgan fingerprint density at radius 2 is 2.00 bits per heavy atom. The minimum Gasteiger partial charge on any atom is -0.508 e. The first-order valence-electron chi connectivity index (χ1n) is 8.00. The number of benzene rings is 2. The van der Waals surface area contributed by atoms with Gasteiger partial charge in [-0.25, -0.2) is 0 Å². The lowest BCUT2D eigenvalue weighted by atomic mass is 10.1. The molecule has 0 aliphatic rings. The third kappa shape index (κ3) is 4.03. The van der Waals surface area contributed by atoms with Crippen LogP contribution in [0.15, 0.2) is 53.1 Å². The molecule has 1 aromatic heterocycles. The number of phenols is 1. The van der Waals surface area contributed by atoms with Crippen molar-refractivity contribution in [1.82, 2.24) is 15.5 Å². The summed E-state index contributed by atoms with van der Waals surface area (Å²) in [5, 5.41) is 16.5. The second kappa shape index (κ2) is 7.17. The molecule has 2 N–H and O–H groups in total. The van der Waals surface area contributed by atoms with E-state index in [0.29, 0.717) is 29.3 Å². The summed E-state index contributed by atoms with van der Waals surface area (Å²) in [5.41, 5.74) is 2.17. The number of carbonyl (C=O) groups is 1. The number of aromatic hydroxyl groups is 1. The van der Waals surface area contributed by atoms with E-state index in [1.165, 1.54) is 6.07 Å². The predicted molar refractivity (Wildman–Crippen MR) is 92.3 cm³/mol.